The van der Waals surface area contributed by atoms with Crippen LogP contribution in [0.4, 0.5) is 11.6 Å². The molecule has 172 valence electrons. The van der Waals surface area contributed by atoms with Crippen molar-refractivity contribution in [2.75, 3.05) is 38.7 Å². The highest BCUT2D eigenvalue weighted by Crippen LogP contribution is 2.23. The largest absolute Gasteiger partial charge is 0.387 e. The molecule has 4 rings (SSSR count). The Kier molecular flexibility index (Phi) is 8.77. The third-order valence-electron chi connectivity index (χ3n) is 5.13. The van der Waals surface area contributed by atoms with E-state index in [0.717, 1.165) is 43.7 Å². The van der Waals surface area contributed by atoms with E-state index in [0.29, 0.717) is 22.8 Å². The third kappa shape index (κ3) is 7.01. The number of carbonyl (C=O) groups is 1. The minimum absolute atomic E-state index is 0.0471. The van der Waals surface area contributed by atoms with E-state index in [-0.39, 0.29) is 5.71 Å². The molecule has 1 aliphatic heterocycles. The van der Waals surface area contributed by atoms with Crippen molar-refractivity contribution < 1.29 is 14.6 Å². The number of rotatable bonds is 6. The Morgan fingerprint density at radius 2 is 1.79 bits per heavy atom. The molecule has 1 aromatic heterocycles. The topological polar surface area (TPSA) is 111 Å². The maximum atomic E-state index is 11.1. The molecule has 0 aliphatic carbocycles. The highest BCUT2D eigenvalue weighted by Gasteiger charge is 2.14. The van der Waals surface area contributed by atoms with E-state index in [4.69, 9.17) is 10.1 Å². The highest BCUT2D eigenvalue weighted by atomic mass is 16.5. The number of aliphatic hydroxyl groups is 1. The van der Waals surface area contributed by atoms with Gasteiger partial charge >= 0.3 is 0 Å². The van der Waals surface area contributed by atoms with Crippen LogP contribution in [0.15, 0.2) is 60.9 Å². The molecule has 1 aliphatic rings. The van der Waals surface area contributed by atoms with Crippen LogP contribution >= 0.6 is 0 Å². The number of likely N-dealkylation sites (N-methyl/N-ethyl adjacent to an activating group) is 1. The molecule has 0 amide bonds. The normalized spacial score (nSPS) is 14.5. The zero-order valence-electron chi connectivity index (χ0n) is 18.9. The Morgan fingerprint density at radius 1 is 1.12 bits per heavy atom. The fraction of sp³-hybridized carbons (Fsp3) is 0.280. The zero-order valence-corrected chi connectivity index (χ0v) is 18.9. The maximum Gasteiger partial charge on any atom is 0.227 e. The number of nitrogens with one attached hydrogen (secondary N) is 2. The number of aldehydes is 1. The molecule has 8 heteroatoms. The van der Waals surface area contributed by atoms with Gasteiger partial charge in [-0.3, -0.25) is 4.79 Å². The molecule has 0 spiro atoms. The average molecular weight is 448 g/mol. The van der Waals surface area contributed by atoms with Crippen LogP contribution in [0, 0.1) is 5.41 Å². The molecule has 2 aromatic carbocycles. The van der Waals surface area contributed by atoms with Crippen molar-refractivity contribution in [2.45, 2.75) is 13.0 Å². The number of hydrogen-bond donors (Lipinski definition) is 3. The Bertz CT molecular complexity index is 1050. The molecule has 0 bridgehead atoms. The monoisotopic (exact) mass is 447 g/mol. The number of morpholine rings is 1. The van der Waals surface area contributed by atoms with Gasteiger partial charge in [-0.05, 0) is 25.6 Å². The standard InChI is InChI=1S/C20H18N4O2.C5H11NO/c1-13(26)19(21)17-8-7-14(12-25)9-18(17)24-20-22-10-16(11-23-20)15-5-3-2-4-6-15;1-6-2-4-7-5-3-6/h2-13,21,26H,1H3,(H,22,23,24);2-5H2,1H3. The second-order valence-corrected chi connectivity index (χ2v) is 7.71. The molecular formula is C25H29N5O3. The Balaban J connectivity index is 0.000000374. The van der Waals surface area contributed by atoms with Gasteiger partial charge in [0.05, 0.1) is 30.7 Å². The Hall–Kier alpha value is -3.46. The highest BCUT2D eigenvalue weighted by molar-refractivity contribution is 6.06. The van der Waals surface area contributed by atoms with Crippen molar-refractivity contribution >= 4 is 23.6 Å². The van der Waals surface area contributed by atoms with E-state index in [1.54, 1.807) is 30.6 Å². The first-order valence-corrected chi connectivity index (χ1v) is 10.7. The molecule has 0 radical (unpaired) electrons. The lowest BCUT2D eigenvalue weighted by molar-refractivity contribution is 0.0503. The van der Waals surface area contributed by atoms with Gasteiger partial charge in [-0.25, -0.2) is 9.97 Å². The summed E-state index contributed by atoms with van der Waals surface area (Å²) in [6.45, 7) is 5.54. The number of carbonyl (C=O) groups excluding carboxylic acids is 1. The summed E-state index contributed by atoms with van der Waals surface area (Å²) < 4.78 is 5.10. The molecular weight excluding hydrogens is 418 g/mol. The number of aromatic nitrogens is 2. The van der Waals surface area contributed by atoms with Gasteiger partial charge in [0.2, 0.25) is 5.95 Å². The number of anilines is 2. The third-order valence-corrected chi connectivity index (χ3v) is 5.13. The molecule has 8 nitrogen and oxygen atoms in total. The van der Waals surface area contributed by atoms with E-state index in [1.807, 2.05) is 30.3 Å². The van der Waals surface area contributed by atoms with E-state index in [1.165, 1.54) is 6.92 Å². The summed E-state index contributed by atoms with van der Waals surface area (Å²) in [6.07, 6.45) is 3.20. The van der Waals surface area contributed by atoms with Crippen LogP contribution in [0.5, 0.6) is 0 Å². The van der Waals surface area contributed by atoms with Crippen molar-refractivity contribution in [2.24, 2.45) is 0 Å². The summed E-state index contributed by atoms with van der Waals surface area (Å²) in [7, 11) is 2.11. The molecule has 1 saturated heterocycles. The first kappa shape index (κ1) is 24.2. The Morgan fingerprint density at radius 3 is 2.33 bits per heavy atom. The summed E-state index contributed by atoms with van der Waals surface area (Å²) in [5, 5.41) is 20.8. The van der Waals surface area contributed by atoms with E-state index < -0.39 is 6.10 Å². The van der Waals surface area contributed by atoms with Gasteiger partial charge < -0.3 is 25.5 Å². The quantitative estimate of drug-likeness (QED) is 0.392. The Labute approximate surface area is 193 Å². The number of benzene rings is 2. The molecule has 3 N–H and O–H groups in total. The number of aliphatic hydroxyl groups excluding tert-OH is 1. The fourth-order valence-electron chi connectivity index (χ4n) is 3.15. The van der Waals surface area contributed by atoms with Crippen LogP contribution in [0.3, 0.4) is 0 Å². The summed E-state index contributed by atoms with van der Waals surface area (Å²) in [4.78, 5) is 21.9. The first-order chi connectivity index (χ1) is 16.0. The van der Waals surface area contributed by atoms with Gasteiger partial charge in [0, 0.05) is 42.2 Å². The van der Waals surface area contributed by atoms with Crippen LogP contribution in [0.2, 0.25) is 0 Å². The molecule has 1 unspecified atom stereocenters. The van der Waals surface area contributed by atoms with E-state index in [9.17, 15) is 9.90 Å². The fourth-order valence-corrected chi connectivity index (χ4v) is 3.15. The second kappa shape index (κ2) is 12.0. The van der Waals surface area contributed by atoms with Crippen molar-refractivity contribution in [3.63, 3.8) is 0 Å². The number of ether oxygens (including phenoxy) is 1. The van der Waals surface area contributed by atoms with E-state index >= 15 is 0 Å². The van der Waals surface area contributed by atoms with Crippen LogP contribution in [-0.2, 0) is 4.74 Å². The lowest BCUT2D eigenvalue weighted by Crippen LogP contribution is -2.32. The summed E-state index contributed by atoms with van der Waals surface area (Å²) in [6, 6.07) is 14.6. The maximum absolute atomic E-state index is 11.1. The van der Waals surface area contributed by atoms with Gasteiger partial charge in [-0.1, -0.05) is 42.5 Å². The molecule has 3 aromatic rings. The van der Waals surface area contributed by atoms with Gasteiger partial charge in [-0.2, -0.15) is 0 Å². The minimum Gasteiger partial charge on any atom is -0.387 e. The smallest absolute Gasteiger partial charge is 0.227 e. The molecule has 33 heavy (non-hydrogen) atoms. The molecule has 1 fully saturated rings. The van der Waals surface area contributed by atoms with Gasteiger partial charge in [0.15, 0.2) is 0 Å². The summed E-state index contributed by atoms with van der Waals surface area (Å²) in [5.74, 6) is 0.340. The van der Waals surface area contributed by atoms with Gasteiger partial charge in [0.1, 0.15) is 6.29 Å². The number of nitrogens with zero attached hydrogens (tertiary/aromatic N) is 3. The van der Waals surface area contributed by atoms with Crippen molar-refractivity contribution in [1.82, 2.24) is 14.9 Å². The van der Waals surface area contributed by atoms with Gasteiger partial charge in [0.25, 0.3) is 0 Å². The molecule has 2 heterocycles. The predicted octanol–water partition coefficient (Wildman–Crippen LogP) is 3.40. The van der Waals surface area contributed by atoms with Crippen LogP contribution in [0.25, 0.3) is 11.1 Å². The van der Waals surface area contributed by atoms with Crippen LogP contribution < -0.4 is 5.32 Å². The van der Waals surface area contributed by atoms with Crippen molar-refractivity contribution in [3.8, 4) is 11.1 Å². The zero-order chi connectivity index (χ0) is 23.6. The van der Waals surface area contributed by atoms with Crippen molar-refractivity contribution in [3.05, 3.63) is 72.1 Å². The minimum atomic E-state index is -0.931. The number of hydrogen-bond acceptors (Lipinski definition) is 8. The first-order valence-electron chi connectivity index (χ1n) is 10.7. The van der Waals surface area contributed by atoms with Crippen molar-refractivity contribution in [1.29, 1.82) is 5.41 Å². The summed E-state index contributed by atoms with van der Waals surface area (Å²) >= 11 is 0. The lowest BCUT2D eigenvalue weighted by Gasteiger charge is -2.21. The van der Waals surface area contributed by atoms with Gasteiger partial charge in [-0.15, -0.1) is 0 Å². The lowest BCUT2D eigenvalue weighted by atomic mass is 10.0. The SMILES string of the molecule is CC(O)C(=N)c1ccc(C=O)cc1Nc1ncc(-c2ccccc2)cn1.CN1CCOCC1. The van der Waals surface area contributed by atoms with E-state index in [2.05, 4.69) is 27.2 Å². The molecule has 0 saturated carbocycles. The van der Waals surface area contributed by atoms with Crippen LogP contribution in [0.1, 0.15) is 22.8 Å². The summed E-state index contributed by atoms with van der Waals surface area (Å²) in [5.41, 5.74) is 3.38. The van der Waals surface area contributed by atoms with Crippen LogP contribution in [-0.4, -0.2) is 71.4 Å². The predicted molar refractivity (Wildman–Crippen MR) is 129 cm³/mol. The second-order valence-electron chi connectivity index (χ2n) is 7.71. The average Bonchev–Trinajstić information content (AvgIpc) is 2.85. The molecule has 1 atom stereocenters.